The van der Waals surface area contributed by atoms with Gasteiger partial charge >= 0.3 is 5.97 Å². The summed E-state index contributed by atoms with van der Waals surface area (Å²) in [6, 6.07) is 9.17. The summed E-state index contributed by atoms with van der Waals surface area (Å²) in [6.07, 6.45) is -1.19. The van der Waals surface area contributed by atoms with Crippen molar-refractivity contribution in [1.82, 2.24) is 0 Å². The number of furan rings is 1. The fraction of sp³-hybridized carbons (Fsp3) is 0.111. The quantitative estimate of drug-likeness (QED) is 0.675. The molecule has 1 atom stereocenters. The number of carbonyl (C=O) groups is 2. The average Bonchev–Trinajstić information content (AvgIpc) is 3.01. The van der Waals surface area contributed by atoms with Crippen LogP contribution in [0.2, 0.25) is 5.02 Å². The predicted octanol–water partition coefficient (Wildman–Crippen LogP) is 4.55. The summed E-state index contributed by atoms with van der Waals surface area (Å²) in [5.74, 6) is -3.77. The maximum Gasteiger partial charge on any atom is 0.375 e. The lowest BCUT2D eigenvalue weighted by molar-refractivity contribution is -0.123. The molecule has 0 fully saturated rings. The minimum absolute atomic E-state index is 0.0372. The molecular formula is C18H12ClF2NO4. The summed E-state index contributed by atoms with van der Waals surface area (Å²) >= 11 is 5.87. The summed E-state index contributed by atoms with van der Waals surface area (Å²) in [7, 11) is 0. The molecular weight excluding hydrogens is 368 g/mol. The molecule has 0 aliphatic rings. The van der Waals surface area contributed by atoms with Gasteiger partial charge in [-0.05, 0) is 43.3 Å². The lowest BCUT2D eigenvalue weighted by Crippen LogP contribution is -2.29. The lowest BCUT2D eigenvalue weighted by atomic mass is 10.2. The first-order valence-corrected chi connectivity index (χ1v) is 7.87. The Morgan fingerprint density at radius 2 is 1.88 bits per heavy atom. The molecule has 3 rings (SSSR count). The Morgan fingerprint density at radius 1 is 1.12 bits per heavy atom. The van der Waals surface area contributed by atoms with Crippen LogP contribution in [0.4, 0.5) is 14.5 Å². The van der Waals surface area contributed by atoms with Crippen LogP contribution < -0.4 is 5.32 Å². The maximum absolute atomic E-state index is 13.2. The fourth-order valence-corrected chi connectivity index (χ4v) is 2.39. The topological polar surface area (TPSA) is 68.5 Å². The number of benzene rings is 2. The first-order chi connectivity index (χ1) is 12.3. The fourth-order valence-electron chi connectivity index (χ4n) is 2.20. The van der Waals surface area contributed by atoms with E-state index in [4.69, 9.17) is 20.8 Å². The third-order valence-corrected chi connectivity index (χ3v) is 3.75. The van der Waals surface area contributed by atoms with E-state index in [2.05, 4.69) is 5.32 Å². The summed E-state index contributed by atoms with van der Waals surface area (Å²) in [5.41, 5.74) is 0.482. The molecule has 0 radical (unpaired) electrons. The molecule has 2 aromatic carbocycles. The van der Waals surface area contributed by atoms with Crippen molar-refractivity contribution in [3.63, 3.8) is 0 Å². The zero-order valence-corrected chi connectivity index (χ0v) is 14.1. The highest BCUT2D eigenvalue weighted by Crippen LogP contribution is 2.23. The molecule has 1 N–H and O–H groups in total. The van der Waals surface area contributed by atoms with Crippen LogP contribution in [0.15, 0.2) is 46.9 Å². The molecule has 1 aromatic heterocycles. The van der Waals surface area contributed by atoms with Gasteiger partial charge in [-0.3, -0.25) is 4.79 Å². The number of esters is 1. The molecule has 8 heteroatoms. The van der Waals surface area contributed by atoms with Crippen molar-refractivity contribution in [3.8, 4) is 0 Å². The van der Waals surface area contributed by atoms with E-state index in [1.54, 1.807) is 18.2 Å². The van der Waals surface area contributed by atoms with Gasteiger partial charge in [0.25, 0.3) is 5.91 Å². The van der Waals surface area contributed by atoms with E-state index in [1.807, 2.05) is 0 Å². The Labute approximate surface area is 151 Å². The Kier molecular flexibility index (Phi) is 4.90. The third-order valence-electron chi connectivity index (χ3n) is 3.52. The van der Waals surface area contributed by atoms with Crippen LogP contribution in [0.25, 0.3) is 11.0 Å². The lowest BCUT2D eigenvalue weighted by Gasteiger charge is -2.12. The van der Waals surface area contributed by atoms with Crippen LogP contribution >= 0.6 is 11.6 Å². The first kappa shape index (κ1) is 17.9. The van der Waals surface area contributed by atoms with E-state index in [0.29, 0.717) is 16.0 Å². The standard InChI is InChI=1S/C18H12ClF2NO4/c1-9(17(23)22-12-3-4-13(20)14(21)8-12)25-18(24)16-7-10-6-11(19)2-5-15(10)26-16/h2-9H,1H3,(H,22,23)/t9-/m0/s1. The second-order valence-corrected chi connectivity index (χ2v) is 5.89. The summed E-state index contributed by atoms with van der Waals surface area (Å²) in [4.78, 5) is 24.2. The maximum atomic E-state index is 13.2. The van der Waals surface area contributed by atoms with Crippen LogP contribution in [-0.2, 0) is 9.53 Å². The molecule has 0 saturated carbocycles. The van der Waals surface area contributed by atoms with Crippen LogP contribution in [0.3, 0.4) is 0 Å². The Balaban J connectivity index is 1.67. The van der Waals surface area contributed by atoms with Crippen molar-refractivity contribution >= 4 is 40.1 Å². The van der Waals surface area contributed by atoms with Gasteiger partial charge < -0.3 is 14.5 Å². The van der Waals surface area contributed by atoms with Gasteiger partial charge in [0.1, 0.15) is 5.58 Å². The smallest absolute Gasteiger partial charge is 0.375 e. The van der Waals surface area contributed by atoms with E-state index in [1.165, 1.54) is 19.1 Å². The van der Waals surface area contributed by atoms with E-state index in [-0.39, 0.29) is 11.4 Å². The number of halogens is 3. The van der Waals surface area contributed by atoms with E-state index in [9.17, 15) is 18.4 Å². The predicted molar refractivity (Wildman–Crippen MR) is 91.1 cm³/mol. The minimum Gasteiger partial charge on any atom is -0.449 e. The van der Waals surface area contributed by atoms with Gasteiger partial charge in [0.15, 0.2) is 17.7 Å². The van der Waals surface area contributed by atoms with Crippen molar-refractivity contribution in [2.45, 2.75) is 13.0 Å². The Morgan fingerprint density at radius 3 is 2.62 bits per heavy atom. The molecule has 1 amide bonds. The Hall–Kier alpha value is -2.93. The number of anilines is 1. The average molecular weight is 380 g/mol. The number of rotatable bonds is 4. The van der Waals surface area contributed by atoms with E-state index < -0.39 is 29.6 Å². The van der Waals surface area contributed by atoms with Gasteiger partial charge in [-0.2, -0.15) is 0 Å². The van der Waals surface area contributed by atoms with Crippen LogP contribution in [0.1, 0.15) is 17.5 Å². The monoisotopic (exact) mass is 379 g/mol. The highest BCUT2D eigenvalue weighted by Gasteiger charge is 2.22. The normalized spacial score (nSPS) is 12.0. The van der Waals surface area contributed by atoms with Gasteiger partial charge in [0, 0.05) is 22.2 Å². The van der Waals surface area contributed by atoms with Gasteiger partial charge in [-0.25, -0.2) is 13.6 Å². The van der Waals surface area contributed by atoms with Crippen molar-refractivity contribution in [3.05, 3.63) is 64.9 Å². The molecule has 5 nitrogen and oxygen atoms in total. The summed E-state index contributed by atoms with van der Waals surface area (Å²) in [6.45, 7) is 1.34. The molecule has 3 aromatic rings. The largest absolute Gasteiger partial charge is 0.449 e. The number of fused-ring (bicyclic) bond motifs is 1. The summed E-state index contributed by atoms with van der Waals surface area (Å²) in [5, 5.41) is 3.43. The minimum atomic E-state index is -1.19. The van der Waals surface area contributed by atoms with Crippen molar-refractivity contribution in [2.24, 2.45) is 0 Å². The van der Waals surface area contributed by atoms with Gasteiger partial charge in [-0.15, -0.1) is 0 Å². The molecule has 26 heavy (non-hydrogen) atoms. The number of carbonyl (C=O) groups excluding carboxylic acids is 2. The van der Waals surface area contributed by atoms with Gasteiger partial charge in [-0.1, -0.05) is 11.6 Å². The second kappa shape index (κ2) is 7.13. The number of nitrogens with one attached hydrogen (secondary N) is 1. The molecule has 1 heterocycles. The number of hydrogen-bond acceptors (Lipinski definition) is 4. The van der Waals surface area contributed by atoms with Crippen LogP contribution in [-0.4, -0.2) is 18.0 Å². The summed E-state index contributed by atoms with van der Waals surface area (Å²) < 4.78 is 36.4. The van der Waals surface area contributed by atoms with Crippen molar-refractivity contribution in [2.75, 3.05) is 5.32 Å². The highest BCUT2D eigenvalue weighted by atomic mass is 35.5. The van der Waals surface area contributed by atoms with Gasteiger partial charge in [0.2, 0.25) is 5.76 Å². The van der Waals surface area contributed by atoms with E-state index >= 15 is 0 Å². The molecule has 134 valence electrons. The van der Waals surface area contributed by atoms with Crippen LogP contribution in [0, 0.1) is 11.6 Å². The number of hydrogen-bond donors (Lipinski definition) is 1. The molecule has 0 spiro atoms. The van der Waals surface area contributed by atoms with Crippen molar-refractivity contribution in [1.29, 1.82) is 0 Å². The number of ether oxygens (including phenoxy) is 1. The van der Waals surface area contributed by atoms with Crippen LogP contribution in [0.5, 0.6) is 0 Å². The molecule has 0 aliphatic carbocycles. The highest BCUT2D eigenvalue weighted by molar-refractivity contribution is 6.31. The zero-order valence-electron chi connectivity index (χ0n) is 13.4. The first-order valence-electron chi connectivity index (χ1n) is 7.49. The molecule has 0 aliphatic heterocycles. The SMILES string of the molecule is C[C@H](OC(=O)c1cc2cc(Cl)ccc2o1)C(=O)Nc1ccc(F)c(F)c1. The van der Waals surface area contributed by atoms with Crippen molar-refractivity contribution < 1.29 is 27.5 Å². The molecule has 0 saturated heterocycles. The van der Waals surface area contributed by atoms with E-state index in [0.717, 1.165) is 12.1 Å². The molecule has 0 bridgehead atoms. The third kappa shape index (κ3) is 3.83. The molecule has 0 unspecified atom stereocenters. The zero-order chi connectivity index (χ0) is 18.8. The van der Waals surface area contributed by atoms with Gasteiger partial charge in [0.05, 0.1) is 0 Å². The number of amides is 1. The second-order valence-electron chi connectivity index (χ2n) is 5.46. The Bertz CT molecular complexity index is 1000.